The molecule has 0 saturated carbocycles. The van der Waals surface area contributed by atoms with Gasteiger partial charge in [-0.15, -0.1) is 0 Å². The van der Waals surface area contributed by atoms with E-state index in [1.165, 1.54) is 47.0 Å². The summed E-state index contributed by atoms with van der Waals surface area (Å²) in [6.07, 6.45) is 5.62. The summed E-state index contributed by atoms with van der Waals surface area (Å²) in [4.78, 5) is 0. The zero-order valence-electron chi connectivity index (χ0n) is 15.4. The Bertz CT molecular complexity index is 853. The SMILES string of the molecule is OC(C[NH2+]CCc1ccccc1)Cn1c2c(c3ccccc31)CCCC2. The van der Waals surface area contributed by atoms with Gasteiger partial charge in [0.05, 0.1) is 13.1 Å². The van der Waals surface area contributed by atoms with Gasteiger partial charge in [-0.1, -0.05) is 48.5 Å². The van der Waals surface area contributed by atoms with Crippen molar-refractivity contribution < 1.29 is 10.4 Å². The number of rotatable bonds is 7. The predicted molar refractivity (Wildman–Crippen MR) is 106 cm³/mol. The first kappa shape index (κ1) is 17.3. The van der Waals surface area contributed by atoms with Gasteiger partial charge in [-0.3, -0.25) is 0 Å². The zero-order chi connectivity index (χ0) is 17.8. The summed E-state index contributed by atoms with van der Waals surface area (Å²) in [5.41, 5.74) is 5.64. The highest BCUT2D eigenvalue weighted by Gasteiger charge is 2.21. The fourth-order valence-electron chi connectivity index (χ4n) is 4.30. The number of aliphatic hydroxyl groups is 1. The van der Waals surface area contributed by atoms with E-state index in [4.69, 9.17) is 0 Å². The normalized spacial score (nSPS) is 15.1. The molecule has 0 fully saturated rings. The molecule has 26 heavy (non-hydrogen) atoms. The maximum Gasteiger partial charge on any atom is 0.121 e. The summed E-state index contributed by atoms with van der Waals surface area (Å²) in [6.45, 7) is 2.48. The molecule has 1 aromatic heterocycles. The second-order valence-corrected chi connectivity index (χ2v) is 7.46. The number of aliphatic hydroxyl groups excluding tert-OH is 1. The van der Waals surface area contributed by atoms with Gasteiger partial charge in [0, 0.05) is 23.0 Å². The third kappa shape index (κ3) is 3.69. The third-order valence-corrected chi connectivity index (χ3v) is 5.60. The van der Waals surface area contributed by atoms with Crippen LogP contribution in [0.15, 0.2) is 54.6 Å². The van der Waals surface area contributed by atoms with E-state index in [1.54, 1.807) is 0 Å². The summed E-state index contributed by atoms with van der Waals surface area (Å²) in [5, 5.41) is 14.3. The molecule has 2 aromatic carbocycles. The predicted octanol–water partition coefficient (Wildman–Crippen LogP) is 2.69. The Kier molecular flexibility index (Phi) is 5.37. The van der Waals surface area contributed by atoms with Crippen LogP contribution in [0.3, 0.4) is 0 Å². The fourth-order valence-corrected chi connectivity index (χ4v) is 4.30. The molecule has 3 heteroatoms. The molecule has 0 aliphatic heterocycles. The molecule has 4 rings (SSSR count). The third-order valence-electron chi connectivity index (χ3n) is 5.60. The van der Waals surface area contributed by atoms with E-state index in [0.717, 1.165) is 25.9 Å². The molecule has 0 saturated heterocycles. The van der Waals surface area contributed by atoms with Gasteiger partial charge in [-0.05, 0) is 42.9 Å². The van der Waals surface area contributed by atoms with Crippen molar-refractivity contribution in [3.8, 4) is 0 Å². The maximum absolute atomic E-state index is 10.6. The number of hydrogen-bond donors (Lipinski definition) is 2. The molecule has 136 valence electrons. The molecule has 3 nitrogen and oxygen atoms in total. The van der Waals surface area contributed by atoms with Crippen molar-refractivity contribution in [1.82, 2.24) is 4.57 Å². The van der Waals surface area contributed by atoms with Gasteiger partial charge >= 0.3 is 0 Å². The van der Waals surface area contributed by atoms with Crippen LogP contribution in [-0.2, 0) is 25.8 Å². The van der Waals surface area contributed by atoms with Crippen LogP contribution in [0.2, 0.25) is 0 Å². The Hall–Kier alpha value is -2.10. The summed E-state index contributed by atoms with van der Waals surface area (Å²) < 4.78 is 2.39. The zero-order valence-corrected chi connectivity index (χ0v) is 15.4. The number of aryl methyl sites for hydroxylation is 1. The van der Waals surface area contributed by atoms with Crippen LogP contribution >= 0.6 is 0 Å². The van der Waals surface area contributed by atoms with Crippen LogP contribution in [0.5, 0.6) is 0 Å². The van der Waals surface area contributed by atoms with E-state index in [0.29, 0.717) is 6.54 Å². The van der Waals surface area contributed by atoms with Crippen LogP contribution in [0, 0.1) is 0 Å². The number of fused-ring (bicyclic) bond motifs is 3. The van der Waals surface area contributed by atoms with E-state index in [-0.39, 0.29) is 6.10 Å². The van der Waals surface area contributed by atoms with Crippen molar-refractivity contribution >= 4 is 10.9 Å². The Labute approximate surface area is 155 Å². The molecule has 0 radical (unpaired) electrons. The van der Waals surface area contributed by atoms with Crippen molar-refractivity contribution in [3.05, 3.63) is 71.4 Å². The molecule has 1 aliphatic carbocycles. The van der Waals surface area contributed by atoms with Gasteiger partial charge in [0.15, 0.2) is 0 Å². The number of hydrogen-bond acceptors (Lipinski definition) is 1. The van der Waals surface area contributed by atoms with E-state index in [9.17, 15) is 5.11 Å². The quantitative estimate of drug-likeness (QED) is 0.633. The lowest BCUT2D eigenvalue weighted by Gasteiger charge is -2.18. The molecule has 3 aromatic rings. The first-order valence-corrected chi connectivity index (χ1v) is 9.95. The maximum atomic E-state index is 10.6. The summed E-state index contributed by atoms with van der Waals surface area (Å²) in [7, 11) is 0. The highest BCUT2D eigenvalue weighted by molar-refractivity contribution is 5.85. The molecular formula is C23H29N2O+. The van der Waals surface area contributed by atoms with Gasteiger partial charge < -0.3 is 15.0 Å². The van der Waals surface area contributed by atoms with E-state index >= 15 is 0 Å². The Morgan fingerprint density at radius 2 is 1.73 bits per heavy atom. The lowest BCUT2D eigenvalue weighted by atomic mass is 9.95. The number of para-hydroxylation sites is 1. The molecule has 0 amide bonds. The number of aromatic nitrogens is 1. The standard InChI is InChI=1S/C23H28N2O/c26-19(16-24-15-14-18-8-2-1-3-9-18)17-25-22-12-6-4-10-20(22)21-11-5-7-13-23(21)25/h1-4,6,8-10,12,19,24,26H,5,7,11,13-17H2/p+1. The highest BCUT2D eigenvalue weighted by Crippen LogP contribution is 2.32. The van der Waals surface area contributed by atoms with Crippen LogP contribution in [0.25, 0.3) is 10.9 Å². The molecule has 1 heterocycles. The van der Waals surface area contributed by atoms with Crippen LogP contribution in [0.1, 0.15) is 29.7 Å². The minimum Gasteiger partial charge on any atom is -0.385 e. The number of nitrogens with two attached hydrogens (primary N) is 1. The van der Waals surface area contributed by atoms with Gasteiger partial charge in [0.1, 0.15) is 12.6 Å². The summed E-state index contributed by atoms with van der Waals surface area (Å²) >= 11 is 0. The highest BCUT2D eigenvalue weighted by atomic mass is 16.3. The molecular weight excluding hydrogens is 320 g/mol. The van der Waals surface area contributed by atoms with Crippen LogP contribution < -0.4 is 5.32 Å². The monoisotopic (exact) mass is 349 g/mol. The first-order chi connectivity index (χ1) is 12.8. The Morgan fingerprint density at radius 1 is 0.962 bits per heavy atom. The molecule has 0 spiro atoms. The van der Waals surface area contributed by atoms with Gasteiger partial charge in [-0.2, -0.15) is 0 Å². The fraction of sp³-hybridized carbons (Fsp3) is 0.391. The molecule has 1 unspecified atom stereocenters. The van der Waals surface area contributed by atoms with Crippen LogP contribution in [-0.4, -0.2) is 28.9 Å². The lowest BCUT2D eigenvalue weighted by Crippen LogP contribution is -2.87. The van der Waals surface area contributed by atoms with Crippen molar-refractivity contribution in [2.24, 2.45) is 0 Å². The van der Waals surface area contributed by atoms with E-state index in [1.807, 2.05) is 0 Å². The molecule has 0 bridgehead atoms. The molecule has 1 aliphatic rings. The smallest absolute Gasteiger partial charge is 0.121 e. The second-order valence-electron chi connectivity index (χ2n) is 7.46. The average molecular weight is 349 g/mol. The summed E-state index contributed by atoms with van der Waals surface area (Å²) in [6, 6.07) is 19.3. The van der Waals surface area contributed by atoms with E-state index in [2.05, 4.69) is 64.5 Å². The van der Waals surface area contributed by atoms with Gasteiger partial charge in [-0.25, -0.2) is 0 Å². The lowest BCUT2D eigenvalue weighted by molar-refractivity contribution is -0.660. The van der Waals surface area contributed by atoms with Crippen molar-refractivity contribution in [2.45, 2.75) is 44.8 Å². The number of nitrogens with zero attached hydrogens (tertiary/aromatic N) is 1. The van der Waals surface area contributed by atoms with Crippen molar-refractivity contribution in [3.63, 3.8) is 0 Å². The summed E-state index contributed by atoms with van der Waals surface area (Å²) in [5.74, 6) is 0. The molecule has 1 atom stereocenters. The van der Waals surface area contributed by atoms with E-state index < -0.39 is 0 Å². The first-order valence-electron chi connectivity index (χ1n) is 9.95. The van der Waals surface area contributed by atoms with Crippen molar-refractivity contribution in [1.29, 1.82) is 0 Å². The number of benzene rings is 2. The number of quaternary nitrogens is 1. The largest absolute Gasteiger partial charge is 0.385 e. The van der Waals surface area contributed by atoms with Gasteiger partial charge in [0.2, 0.25) is 0 Å². The Balaban J connectivity index is 1.39. The minimum absolute atomic E-state index is 0.312. The topological polar surface area (TPSA) is 41.8 Å². The second kappa shape index (κ2) is 8.07. The average Bonchev–Trinajstić information content (AvgIpc) is 3.00. The van der Waals surface area contributed by atoms with Gasteiger partial charge in [0.25, 0.3) is 0 Å². The van der Waals surface area contributed by atoms with Crippen LogP contribution in [0.4, 0.5) is 0 Å². The molecule has 3 N–H and O–H groups in total. The Morgan fingerprint density at radius 3 is 2.62 bits per heavy atom. The minimum atomic E-state index is -0.312. The van der Waals surface area contributed by atoms with Crippen molar-refractivity contribution in [2.75, 3.05) is 13.1 Å².